The summed E-state index contributed by atoms with van der Waals surface area (Å²) in [6.07, 6.45) is 1.36. The molecule has 1 aromatic carbocycles. The summed E-state index contributed by atoms with van der Waals surface area (Å²) in [6, 6.07) is 8.87. The van der Waals surface area contributed by atoms with Gasteiger partial charge in [0.1, 0.15) is 18.0 Å². The lowest BCUT2D eigenvalue weighted by Crippen LogP contribution is -2.61. The van der Waals surface area contributed by atoms with E-state index in [1.165, 1.54) is 5.56 Å². The molecule has 0 heterocycles. The van der Waals surface area contributed by atoms with Gasteiger partial charge in [0.05, 0.1) is 0 Å². The molecule has 1 aliphatic carbocycles. The van der Waals surface area contributed by atoms with Crippen LogP contribution in [0.3, 0.4) is 0 Å². The zero-order chi connectivity index (χ0) is 14.5. The maximum absolute atomic E-state index is 6.06. The molecule has 0 amide bonds. The lowest BCUT2D eigenvalue weighted by Gasteiger charge is -2.44. The van der Waals surface area contributed by atoms with Crippen LogP contribution in [0.25, 0.3) is 0 Å². The van der Waals surface area contributed by atoms with Crippen LogP contribution in [0.4, 0.5) is 0 Å². The quantitative estimate of drug-likeness (QED) is 0.829. The van der Waals surface area contributed by atoms with Crippen LogP contribution in [0.5, 0.6) is 5.75 Å². The fourth-order valence-electron chi connectivity index (χ4n) is 2.68. The Kier molecular flexibility index (Phi) is 5.44. The molecule has 1 N–H and O–H groups in total. The van der Waals surface area contributed by atoms with Crippen LogP contribution in [0.2, 0.25) is 0 Å². The average molecular weight is 277 g/mol. The molecule has 1 aliphatic rings. The topological polar surface area (TPSA) is 30.5 Å². The summed E-state index contributed by atoms with van der Waals surface area (Å²) in [5, 5.41) is 3.45. The second-order valence-corrected chi connectivity index (χ2v) is 5.70. The molecular weight excluding hydrogens is 250 g/mol. The van der Waals surface area contributed by atoms with E-state index in [9.17, 15) is 0 Å². The van der Waals surface area contributed by atoms with Crippen molar-refractivity contribution in [2.24, 2.45) is 0 Å². The zero-order valence-electron chi connectivity index (χ0n) is 13.1. The molecule has 3 unspecified atom stereocenters. The van der Waals surface area contributed by atoms with E-state index in [-0.39, 0.29) is 12.2 Å². The average Bonchev–Trinajstić information content (AvgIpc) is 2.44. The van der Waals surface area contributed by atoms with Crippen molar-refractivity contribution in [3.8, 4) is 5.75 Å². The first-order chi connectivity index (χ1) is 9.65. The van der Waals surface area contributed by atoms with E-state index in [1.54, 1.807) is 0 Å². The fraction of sp³-hybridized carbons (Fsp3) is 0.647. The van der Waals surface area contributed by atoms with E-state index in [2.05, 4.69) is 50.4 Å². The first-order valence-corrected chi connectivity index (χ1v) is 7.77. The Morgan fingerprint density at radius 1 is 1.20 bits per heavy atom. The van der Waals surface area contributed by atoms with Gasteiger partial charge < -0.3 is 14.8 Å². The molecule has 1 aromatic rings. The lowest BCUT2D eigenvalue weighted by molar-refractivity contribution is -0.104. The first-order valence-electron chi connectivity index (χ1n) is 7.77. The summed E-state index contributed by atoms with van der Waals surface area (Å²) in [5.74, 6) is 1.50. The van der Waals surface area contributed by atoms with Gasteiger partial charge in [-0.15, -0.1) is 0 Å². The van der Waals surface area contributed by atoms with Gasteiger partial charge in [-0.25, -0.2) is 0 Å². The minimum absolute atomic E-state index is 0.170. The van der Waals surface area contributed by atoms with Gasteiger partial charge in [-0.2, -0.15) is 0 Å². The van der Waals surface area contributed by atoms with Gasteiger partial charge >= 0.3 is 0 Å². The predicted molar refractivity (Wildman–Crippen MR) is 82.4 cm³/mol. The third-order valence-corrected chi connectivity index (χ3v) is 3.91. The third-order valence-electron chi connectivity index (χ3n) is 3.91. The summed E-state index contributed by atoms with van der Waals surface area (Å²) in [7, 11) is 0. The highest BCUT2D eigenvalue weighted by atomic mass is 16.5. The lowest BCUT2D eigenvalue weighted by atomic mass is 9.85. The highest BCUT2D eigenvalue weighted by Gasteiger charge is 2.43. The molecule has 0 radical (unpaired) electrons. The van der Waals surface area contributed by atoms with Crippen LogP contribution in [-0.4, -0.2) is 31.4 Å². The summed E-state index contributed by atoms with van der Waals surface area (Å²) in [6.45, 7) is 10.3. The molecule has 0 aliphatic heterocycles. The Balaban J connectivity index is 1.92. The van der Waals surface area contributed by atoms with Gasteiger partial charge in [-0.05, 0) is 37.1 Å². The Morgan fingerprint density at radius 3 is 2.45 bits per heavy atom. The Labute approximate surface area is 122 Å². The van der Waals surface area contributed by atoms with Crippen LogP contribution in [0.15, 0.2) is 24.3 Å². The van der Waals surface area contributed by atoms with Crippen LogP contribution in [0.1, 0.15) is 45.6 Å². The van der Waals surface area contributed by atoms with Crippen LogP contribution < -0.4 is 10.1 Å². The van der Waals surface area contributed by atoms with Crippen LogP contribution in [0, 0.1) is 0 Å². The van der Waals surface area contributed by atoms with Crippen molar-refractivity contribution in [3.63, 3.8) is 0 Å². The fourth-order valence-corrected chi connectivity index (χ4v) is 2.68. The predicted octanol–water partition coefficient (Wildman–Crippen LogP) is 3.34. The van der Waals surface area contributed by atoms with E-state index in [0.29, 0.717) is 12.0 Å². The van der Waals surface area contributed by atoms with Crippen molar-refractivity contribution in [3.05, 3.63) is 29.8 Å². The minimum Gasteiger partial charge on any atom is -0.488 e. The van der Waals surface area contributed by atoms with Crippen LogP contribution >= 0.6 is 0 Å². The molecule has 3 atom stereocenters. The summed E-state index contributed by atoms with van der Waals surface area (Å²) >= 11 is 0. The normalized spacial score (nSPS) is 25.6. The zero-order valence-corrected chi connectivity index (χ0v) is 13.1. The number of rotatable bonds is 7. The summed E-state index contributed by atoms with van der Waals surface area (Å²) in [5.41, 5.74) is 1.35. The van der Waals surface area contributed by atoms with Crippen molar-refractivity contribution in [2.75, 3.05) is 13.2 Å². The Morgan fingerprint density at radius 2 is 1.90 bits per heavy atom. The molecule has 0 spiro atoms. The second-order valence-electron chi connectivity index (χ2n) is 5.70. The van der Waals surface area contributed by atoms with Crippen molar-refractivity contribution < 1.29 is 9.47 Å². The van der Waals surface area contributed by atoms with Gasteiger partial charge in [-0.1, -0.05) is 32.9 Å². The molecule has 112 valence electrons. The Bertz CT molecular complexity index is 402. The van der Waals surface area contributed by atoms with E-state index in [0.717, 1.165) is 25.3 Å². The monoisotopic (exact) mass is 277 g/mol. The van der Waals surface area contributed by atoms with Crippen LogP contribution in [-0.2, 0) is 4.74 Å². The maximum atomic E-state index is 6.06. The largest absolute Gasteiger partial charge is 0.488 e. The molecule has 1 fully saturated rings. The van der Waals surface area contributed by atoms with E-state index in [4.69, 9.17) is 9.47 Å². The van der Waals surface area contributed by atoms with Gasteiger partial charge in [0, 0.05) is 19.1 Å². The number of ether oxygens (including phenoxy) is 2. The highest BCUT2D eigenvalue weighted by Crippen LogP contribution is 2.29. The number of likely N-dealkylation sites (N-methyl/N-ethyl adjacent to an activating group) is 1. The Hall–Kier alpha value is -1.06. The molecule has 0 aromatic heterocycles. The van der Waals surface area contributed by atoms with Gasteiger partial charge in [0.2, 0.25) is 0 Å². The molecule has 3 heteroatoms. The van der Waals surface area contributed by atoms with Gasteiger partial charge in [-0.3, -0.25) is 0 Å². The van der Waals surface area contributed by atoms with Gasteiger partial charge in [0.15, 0.2) is 0 Å². The molecule has 3 nitrogen and oxygen atoms in total. The van der Waals surface area contributed by atoms with E-state index in [1.807, 2.05) is 6.92 Å². The third kappa shape index (κ3) is 3.53. The molecule has 2 rings (SSSR count). The smallest absolute Gasteiger partial charge is 0.128 e. The molecule has 0 bridgehead atoms. The maximum Gasteiger partial charge on any atom is 0.128 e. The van der Waals surface area contributed by atoms with E-state index < -0.39 is 0 Å². The standard InChI is InChI=1S/C17H27NO2/c1-5-18-15-11-16(17(15)19-6-2)20-14-9-7-13(8-10-14)12(3)4/h7-10,12,15-18H,5-6,11H2,1-4H3. The van der Waals surface area contributed by atoms with Crippen molar-refractivity contribution in [1.82, 2.24) is 5.32 Å². The number of hydrogen-bond donors (Lipinski definition) is 1. The number of nitrogens with one attached hydrogen (secondary N) is 1. The molecule has 20 heavy (non-hydrogen) atoms. The first kappa shape index (κ1) is 15.3. The summed E-state index contributed by atoms with van der Waals surface area (Å²) < 4.78 is 11.9. The van der Waals surface area contributed by atoms with Crippen molar-refractivity contribution >= 4 is 0 Å². The SMILES string of the molecule is CCNC1CC(Oc2ccc(C(C)C)cc2)C1OCC. The highest BCUT2D eigenvalue weighted by molar-refractivity contribution is 5.29. The minimum atomic E-state index is 0.170. The molecular formula is C17H27NO2. The van der Waals surface area contributed by atoms with Crippen molar-refractivity contribution in [2.45, 2.75) is 58.3 Å². The molecule has 0 saturated heterocycles. The summed E-state index contributed by atoms with van der Waals surface area (Å²) in [4.78, 5) is 0. The van der Waals surface area contributed by atoms with E-state index >= 15 is 0 Å². The molecule has 1 saturated carbocycles. The number of benzene rings is 1. The van der Waals surface area contributed by atoms with Gasteiger partial charge in [0.25, 0.3) is 0 Å². The van der Waals surface area contributed by atoms with Crippen molar-refractivity contribution in [1.29, 1.82) is 0 Å². The second kappa shape index (κ2) is 7.09. The number of hydrogen-bond acceptors (Lipinski definition) is 3.